The summed E-state index contributed by atoms with van der Waals surface area (Å²) in [5, 5.41) is 4.34. The summed E-state index contributed by atoms with van der Waals surface area (Å²) >= 11 is 0. The second kappa shape index (κ2) is 7.88. The molecule has 1 aromatic heterocycles. The molecule has 0 radical (unpaired) electrons. The van der Waals surface area contributed by atoms with E-state index >= 15 is 0 Å². The predicted octanol–water partition coefficient (Wildman–Crippen LogP) is 4.31. The van der Waals surface area contributed by atoms with Gasteiger partial charge in [0, 0.05) is 50.2 Å². The minimum absolute atomic E-state index is 0.106. The molecule has 0 aliphatic carbocycles. The lowest BCUT2D eigenvalue weighted by atomic mass is 9.88. The summed E-state index contributed by atoms with van der Waals surface area (Å²) in [6, 6.07) is 21.5. The smallest absolute Gasteiger partial charge is 0.0684 e. The Hall–Kier alpha value is -2.85. The molecule has 2 heterocycles. The molecule has 4 heteroatoms. The van der Waals surface area contributed by atoms with Crippen molar-refractivity contribution in [1.82, 2.24) is 19.6 Å². The number of hydrogen-bond donors (Lipinski definition) is 0. The molecule has 3 aromatic rings. The molecule has 4 nitrogen and oxygen atoms in total. The van der Waals surface area contributed by atoms with Crippen LogP contribution in [0.25, 0.3) is 17.3 Å². The average Bonchev–Trinajstić information content (AvgIpc) is 3.13. The van der Waals surface area contributed by atoms with Crippen molar-refractivity contribution in [3.05, 3.63) is 83.7 Å². The molecule has 0 saturated carbocycles. The van der Waals surface area contributed by atoms with E-state index in [4.69, 9.17) is 0 Å². The van der Waals surface area contributed by atoms with Crippen molar-refractivity contribution in [3.63, 3.8) is 0 Å². The largest absolute Gasteiger partial charge is 0.375 e. The van der Waals surface area contributed by atoms with Crippen LogP contribution in [0.5, 0.6) is 0 Å². The molecular formula is C25H30N4. The standard InChI is InChI=1S/C25H30N4/c1-25(17-20-10-6-5-7-11-20)19-27(2)22(18-28(25)3)16-21-12-8-9-13-23(21)24-14-15-26-29(24)4/h5-16H,17-19H2,1-4H3. The number of aryl methyl sites for hydroxylation is 1. The lowest BCUT2D eigenvalue weighted by molar-refractivity contribution is 0.0702. The number of likely N-dealkylation sites (N-methyl/N-ethyl adjacent to an activating group) is 2. The fourth-order valence-corrected chi connectivity index (χ4v) is 4.34. The van der Waals surface area contributed by atoms with Crippen LogP contribution in [-0.4, -0.2) is 52.3 Å². The third kappa shape index (κ3) is 3.99. The van der Waals surface area contributed by atoms with E-state index < -0.39 is 0 Å². The Labute approximate surface area is 174 Å². The number of aromatic nitrogens is 2. The first-order chi connectivity index (χ1) is 14.0. The molecule has 0 N–H and O–H groups in total. The number of benzene rings is 2. The molecule has 1 unspecified atom stereocenters. The van der Waals surface area contributed by atoms with E-state index in [1.807, 2.05) is 17.9 Å². The van der Waals surface area contributed by atoms with Gasteiger partial charge >= 0.3 is 0 Å². The van der Waals surface area contributed by atoms with Gasteiger partial charge in [0.15, 0.2) is 0 Å². The number of piperazine rings is 1. The van der Waals surface area contributed by atoms with E-state index in [0.29, 0.717) is 0 Å². The zero-order valence-corrected chi connectivity index (χ0v) is 17.8. The van der Waals surface area contributed by atoms with Gasteiger partial charge in [-0.2, -0.15) is 5.10 Å². The molecule has 0 amide bonds. The van der Waals surface area contributed by atoms with Gasteiger partial charge in [-0.05, 0) is 43.7 Å². The van der Waals surface area contributed by atoms with Crippen molar-refractivity contribution in [3.8, 4) is 11.3 Å². The molecular weight excluding hydrogens is 356 g/mol. The van der Waals surface area contributed by atoms with Crippen LogP contribution in [0.15, 0.2) is 72.6 Å². The molecule has 0 spiro atoms. The van der Waals surface area contributed by atoms with Gasteiger partial charge in [-0.1, -0.05) is 54.6 Å². The molecule has 150 valence electrons. The summed E-state index contributed by atoms with van der Waals surface area (Å²) in [5.74, 6) is 0. The van der Waals surface area contributed by atoms with Crippen LogP contribution in [0.1, 0.15) is 18.1 Å². The molecule has 1 aliphatic heterocycles. The fraction of sp³-hybridized carbons (Fsp3) is 0.320. The SMILES string of the molecule is CN1CC(C)(Cc2ccccc2)N(C)CC1=Cc1ccccc1-c1ccnn1C. The molecule has 1 saturated heterocycles. The van der Waals surface area contributed by atoms with Crippen LogP contribution < -0.4 is 0 Å². The van der Waals surface area contributed by atoms with Gasteiger partial charge in [-0.15, -0.1) is 0 Å². The third-order valence-corrected chi connectivity index (χ3v) is 6.20. The molecule has 1 atom stereocenters. The summed E-state index contributed by atoms with van der Waals surface area (Å²) in [5.41, 5.74) is 6.43. The Bertz CT molecular complexity index is 1000. The Morgan fingerprint density at radius 3 is 2.41 bits per heavy atom. The topological polar surface area (TPSA) is 24.3 Å². The van der Waals surface area contributed by atoms with E-state index in [0.717, 1.165) is 25.2 Å². The van der Waals surface area contributed by atoms with Gasteiger partial charge < -0.3 is 4.90 Å². The zero-order valence-electron chi connectivity index (χ0n) is 17.8. The van der Waals surface area contributed by atoms with Gasteiger partial charge in [-0.25, -0.2) is 0 Å². The molecule has 0 bridgehead atoms. The van der Waals surface area contributed by atoms with Crippen molar-refractivity contribution >= 4 is 6.08 Å². The molecule has 4 rings (SSSR count). The molecule has 1 aliphatic rings. The Balaban J connectivity index is 1.61. The molecule has 1 fully saturated rings. The number of nitrogens with zero attached hydrogens (tertiary/aromatic N) is 4. The van der Waals surface area contributed by atoms with Gasteiger partial charge in [0.2, 0.25) is 0 Å². The first-order valence-corrected chi connectivity index (χ1v) is 10.2. The zero-order chi connectivity index (χ0) is 20.4. The summed E-state index contributed by atoms with van der Waals surface area (Å²) in [4.78, 5) is 4.92. The van der Waals surface area contributed by atoms with E-state index in [2.05, 4.69) is 103 Å². The van der Waals surface area contributed by atoms with Crippen molar-refractivity contribution in [1.29, 1.82) is 0 Å². The Morgan fingerprint density at radius 2 is 1.69 bits per heavy atom. The highest BCUT2D eigenvalue weighted by Crippen LogP contribution is 2.31. The maximum absolute atomic E-state index is 4.34. The van der Waals surface area contributed by atoms with Crippen LogP contribution >= 0.6 is 0 Å². The average molecular weight is 387 g/mol. The predicted molar refractivity (Wildman–Crippen MR) is 120 cm³/mol. The summed E-state index contributed by atoms with van der Waals surface area (Å²) in [7, 11) is 6.46. The normalized spacial score (nSPS) is 21.7. The van der Waals surface area contributed by atoms with E-state index in [1.165, 1.54) is 22.4 Å². The molecule has 29 heavy (non-hydrogen) atoms. The minimum atomic E-state index is 0.106. The summed E-state index contributed by atoms with van der Waals surface area (Å²) in [6.45, 7) is 4.30. The van der Waals surface area contributed by atoms with Crippen molar-refractivity contribution in [2.45, 2.75) is 18.9 Å². The lowest BCUT2D eigenvalue weighted by Crippen LogP contribution is -2.58. The molecule has 2 aromatic carbocycles. The number of rotatable bonds is 4. The van der Waals surface area contributed by atoms with Crippen molar-refractivity contribution in [2.24, 2.45) is 7.05 Å². The quantitative estimate of drug-likeness (QED) is 0.668. The van der Waals surface area contributed by atoms with Crippen molar-refractivity contribution in [2.75, 3.05) is 27.2 Å². The second-order valence-electron chi connectivity index (χ2n) is 8.43. The second-order valence-corrected chi connectivity index (χ2v) is 8.43. The summed E-state index contributed by atoms with van der Waals surface area (Å²) in [6.07, 6.45) is 5.24. The highest BCUT2D eigenvalue weighted by Gasteiger charge is 2.36. The minimum Gasteiger partial charge on any atom is -0.375 e. The van der Waals surface area contributed by atoms with E-state index in [9.17, 15) is 0 Å². The monoisotopic (exact) mass is 386 g/mol. The lowest BCUT2D eigenvalue weighted by Gasteiger charge is -2.48. The third-order valence-electron chi connectivity index (χ3n) is 6.20. The van der Waals surface area contributed by atoms with Crippen LogP contribution in [0.3, 0.4) is 0 Å². The van der Waals surface area contributed by atoms with E-state index in [-0.39, 0.29) is 5.54 Å². The van der Waals surface area contributed by atoms with Gasteiger partial charge in [-0.3, -0.25) is 9.58 Å². The first kappa shape index (κ1) is 19.5. The highest BCUT2D eigenvalue weighted by molar-refractivity contribution is 5.74. The van der Waals surface area contributed by atoms with E-state index in [1.54, 1.807) is 0 Å². The van der Waals surface area contributed by atoms with Gasteiger partial charge in [0.05, 0.1) is 5.69 Å². The fourth-order valence-electron chi connectivity index (χ4n) is 4.34. The van der Waals surface area contributed by atoms with Crippen molar-refractivity contribution < 1.29 is 0 Å². The maximum Gasteiger partial charge on any atom is 0.0684 e. The Morgan fingerprint density at radius 1 is 0.966 bits per heavy atom. The number of hydrogen-bond acceptors (Lipinski definition) is 3. The van der Waals surface area contributed by atoms with Crippen LogP contribution in [0, 0.1) is 0 Å². The van der Waals surface area contributed by atoms with Gasteiger partial charge in [0.1, 0.15) is 0 Å². The van der Waals surface area contributed by atoms with Gasteiger partial charge in [0.25, 0.3) is 0 Å². The van der Waals surface area contributed by atoms with Crippen LogP contribution in [0.2, 0.25) is 0 Å². The van der Waals surface area contributed by atoms with Crippen LogP contribution in [0.4, 0.5) is 0 Å². The Kier molecular flexibility index (Phi) is 5.29. The highest BCUT2D eigenvalue weighted by atomic mass is 15.3. The van der Waals surface area contributed by atoms with Crippen LogP contribution in [-0.2, 0) is 13.5 Å². The first-order valence-electron chi connectivity index (χ1n) is 10.2. The summed E-state index contributed by atoms with van der Waals surface area (Å²) < 4.78 is 1.94. The maximum atomic E-state index is 4.34.